The molecule has 0 saturated heterocycles. The van der Waals surface area contributed by atoms with Gasteiger partial charge in [-0.1, -0.05) is 54.1 Å². The SMILES string of the molecule is Cc1cc(NC(=O)c2ccccc2Cl)sc1C(=O)Nc1nc(-c2ccccc2)cs1. The van der Waals surface area contributed by atoms with Crippen molar-refractivity contribution in [1.29, 1.82) is 0 Å². The highest BCUT2D eigenvalue weighted by Gasteiger charge is 2.18. The number of thiophene rings is 1. The van der Waals surface area contributed by atoms with Crippen molar-refractivity contribution in [2.24, 2.45) is 0 Å². The second-order valence-corrected chi connectivity index (χ2v) is 8.73. The standard InChI is InChI=1S/C22H16ClN3O2S2/c1-13-11-18(25-20(27)15-9-5-6-10-16(15)23)30-19(13)21(28)26-22-24-17(12-29-22)14-7-3-2-4-8-14/h2-12H,1H3,(H,25,27)(H,24,26,28). The molecule has 0 radical (unpaired) electrons. The molecular formula is C22H16ClN3O2S2. The smallest absolute Gasteiger partial charge is 0.267 e. The Bertz CT molecular complexity index is 1220. The van der Waals surface area contributed by atoms with Gasteiger partial charge in [0.15, 0.2) is 5.13 Å². The van der Waals surface area contributed by atoms with Gasteiger partial charge in [0.25, 0.3) is 11.8 Å². The molecule has 0 aliphatic heterocycles. The Kier molecular flexibility index (Phi) is 5.94. The zero-order chi connectivity index (χ0) is 21.1. The summed E-state index contributed by atoms with van der Waals surface area (Å²) in [6, 6.07) is 18.4. The van der Waals surface area contributed by atoms with Crippen molar-refractivity contribution in [2.45, 2.75) is 6.92 Å². The van der Waals surface area contributed by atoms with Crippen LogP contribution in [0.3, 0.4) is 0 Å². The normalized spacial score (nSPS) is 10.6. The third-order valence-corrected chi connectivity index (χ3v) is 6.51. The molecule has 4 rings (SSSR count). The Balaban J connectivity index is 1.47. The number of nitrogens with one attached hydrogen (secondary N) is 2. The Labute approximate surface area is 186 Å². The maximum Gasteiger partial charge on any atom is 0.267 e. The Hall–Kier alpha value is -3.00. The van der Waals surface area contributed by atoms with E-state index in [2.05, 4.69) is 15.6 Å². The average molecular weight is 454 g/mol. The van der Waals surface area contributed by atoms with Gasteiger partial charge in [0.1, 0.15) is 0 Å². The van der Waals surface area contributed by atoms with Crippen LogP contribution in [0.4, 0.5) is 10.1 Å². The Morgan fingerprint density at radius 2 is 1.70 bits per heavy atom. The molecule has 30 heavy (non-hydrogen) atoms. The minimum Gasteiger partial charge on any atom is -0.313 e. The maximum atomic E-state index is 12.7. The lowest BCUT2D eigenvalue weighted by Gasteiger charge is -2.04. The minimum atomic E-state index is -0.318. The number of carbonyl (C=O) groups is 2. The fourth-order valence-corrected chi connectivity index (χ4v) is 4.72. The van der Waals surface area contributed by atoms with E-state index < -0.39 is 0 Å². The van der Waals surface area contributed by atoms with Crippen molar-refractivity contribution in [3.8, 4) is 11.3 Å². The van der Waals surface area contributed by atoms with Crippen LogP contribution in [0.25, 0.3) is 11.3 Å². The molecule has 8 heteroatoms. The summed E-state index contributed by atoms with van der Waals surface area (Å²) in [4.78, 5) is 30.2. The van der Waals surface area contributed by atoms with Crippen LogP contribution < -0.4 is 10.6 Å². The number of aromatic nitrogens is 1. The van der Waals surface area contributed by atoms with E-state index in [1.807, 2.05) is 42.6 Å². The summed E-state index contributed by atoms with van der Waals surface area (Å²) in [6.07, 6.45) is 0. The largest absolute Gasteiger partial charge is 0.313 e. The summed E-state index contributed by atoms with van der Waals surface area (Å²) in [5.74, 6) is -0.578. The van der Waals surface area contributed by atoms with Gasteiger partial charge in [0, 0.05) is 10.9 Å². The molecule has 0 spiro atoms. The summed E-state index contributed by atoms with van der Waals surface area (Å²) >= 11 is 8.66. The van der Waals surface area contributed by atoms with Crippen LogP contribution in [0.15, 0.2) is 66.0 Å². The molecule has 0 saturated carbocycles. The summed E-state index contributed by atoms with van der Waals surface area (Å²) < 4.78 is 0. The number of hydrogen-bond donors (Lipinski definition) is 2. The topological polar surface area (TPSA) is 71.1 Å². The van der Waals surface area contributed by atoms with Gasteiger partial charge in [-0.2, -0.15) is 0 Å². The number of rotatable bonds is 5. The first kappa shape index (κ1) is 20.3. The first-order valence-corrected chi connectivity index (χ1v) is 11.1. The molecule has 0 aliphatic carbocycles. The highest BCUT2D eigenvalue weighted by atomic mass is 35.5. The fraction of sp³-hybridized carbons (Fsp3) is 0.0455. The molecule has 2 amide bonds. The number of anilines is 2. The van der Waals surface area contributed by atoms with Gasteiger partial charge in [-0.05, 0) is 30.7 Å². The molecule has 5 nitrogen and oxygen atoms in total. The molecule has 4 aromatic rings. The Morgan fingerprint density at radius 1 is 0.967 bits per heavy atom. The van der Waals surface area contributed by atoms with Crippen LogP contribution in [0.5, 0.6) is 0 Å². The average Bonchev–Trinajstić information content (AvgIpc) is 3.35. The van der Waals surface area contributed by atoms with Gasteiger partial charge in [0.2, 0.25) is 0 Å². The molecule has 2 heterocycles. The number of nitrogens with zero attached hydrogens (tertiary/aromatic N) is 1. The predicted octanol–water partition coefficient (Wildman–Crippen LogP) is 6.34. The summed E-state index contributed by atoms with van der Waals surface area (Å²) in [6.45, 7) is 1.83. The van der Waals surface area contributed by atoms with E-state index in [0.29, 0.717) is 25.6 Å². The third-order valence-electron chi connectivity index (χ3n) is 4.27. The highest BCUT2D eigenvalue weighted by molar-refractivity contribution is 7.18. The van der Waals surface area contributed by atoms with E-state index >= 15 is 0 Å². The summed E-state index contributed by atoms with van der Waals surface area (Å²) in [7, 11) is 0. The quantitative estimate of drug-likeness (QED) is 0.370. The highest BCUT2D eigenvalue weighted by Crippen LogP contribution is 2.30. The lowest BCUT2D eigenvalue weighted by Crippen LogP contribution is -2.11. The second kappa shape index (κ2) is 8.79. The monoisotopic (exact) mass is 453 g/mol. The molecule has 2 N–H and O–H groups in total. The first-order valence-electron chi connectivity index (χ1n) is 9.00. The number of carbonyl (C=O) groups excluding carboxylic acids is 2. The van der Waals surface area contributed by atoms with Gasteiger partial charge in [-0.15, -0.1) is 22.7 Å². The Morgan fingerprint density at radius 3 is 2.47 bits per heavy atom. The van der Waals surface area contributed by atoms with Gasteiger partial charge in [-0.25, -0.2) is 4.98 Å². The van der Waals surface area contributed by atoms with E-state index in [1.165, 1.54) is 22.7 Å². The second-order valence-electron chi connectivity index (χ2n) is 6.41. The number of aryl methyl sites for hydroxylation is 1. The lowest BCUT2D eigenvalue weighted by molar-refractivity contribution is 0.102. The van der Waals surface area contributed by atoms with E-state index in [9.17, 15) is 9.59 Å². The molecule has 0 bridgehead atoms. The van der Waals surface area contributed by atoms with Crippen molar-refractivity contribution in [3.63, 3.8) is 0 Å². The van der Waals surface area contributed by atoms with Crippen LogP contribution in [0.2, 0.25) is 5.02 Å². The predicted molar refractivity (Wildman–Crippen MR) is 124 cm³/mol. The molecule has 150 valence electrons. The van der Waals surface area contributed by atoms with Crippen LogP contribution in [0, 0.1) is 6.92 Å². The number of amides is 2. The molecule has 0 fully saturated rings. The minimum absolute atomic E-state index is 0.260. The van der Waals surface area contributed by atoms with Crippen molar-refractivity contribution in [3.05, 3.63) is 87.1 Å². The number of hydrogen-bond acceptors (Lipinski definition) is 5. The van der Waals surface area contributed by atoms with Crippen LogP contribution >= 0.6 is 34.3 Å². The molecule has 2 aromatic heterocycles. The number of thiazole rings is 1. The third kappa shape index (κ3) is 4.43. The van der Waals surface area contributed by atoms with Gasteiger partial charge in [-0.3, -0.25) is 14.9 Å². The molecular weight excluding hydrogens is 438 g/mol. The van der Waals surface area contributed by atoms with Crippen LogP contribution in [0.1, 0.15) is 25.6 Å². The maximum absolute atomic E-state index is 12.7. The van der Waals surface area contributed by atoms with Gasteiger partial charge in [0.05, 0.1) is 26.2 Å². The molecule has 2 aromatic carbocycles. The molecule has 0 unspecified atom stereocenters. The zero-order valence-electron chi connectivity index (χ0n) is 15.8. The van der Waals surface area contributed by atoms with E-state index in [-0.39, 0.29) is 11.8 Å². The molecule has 0 atom stereocenters. The van der Waals surface area contributed by atoms with Crippen LogP contribution in [-0.4, -0.2) is 16.8 Å². The molecule has 0 aliphatic rings. The van der Waals surface area contributed by atoms with Gasteiger partial charge >= 0.3 is 0 Å². The first-order chi connectivity index (χ1) is 14.5. The number of benzene rings is 2. The lowest BCUT2D eigenvalue weighted by atomic mass is 10.2. The fourth-order valence-electron chi connectivity index (χ4n) is 2.82. The number of halogens is 1. The van der Waals surface area contributed by atoms with Gasteiger partial charge < -0.3 is 5.32 Å². The van der Waals surface area contributed by atoms with E-state index in [0.717, 1.165) is 16.8 Å². The van der Waals surface area contributed by atoms with Crippen molar-refractivity contribution >= 4 is 56.2 Å². The summed E-state index contributed by atoms with van der Waals surface area (Å²) in [5, 5.41) is 9.02. The van der Waals surface area contributed by atoms with E-state index in [4.69, 9.17) is 11.6 Å². The van der Waals surface area contributed by atoms with Crippen molar-refractivity contribution in [1.82, 2.24) is 4.98 Å². The zero-order valence-corrected chi connectivity index (χ0v) is 18.2. The van der Waals surface area contributed by atoms with Crippen molar-refractivity contribution < 1.29 is 9.59 Å². The van der Waals surface area contributed by atoms with E-state index in [1.54, 1.807) is 30.3 Å². The summed E-state index contributed by atoms with van der Waals surface area (Å²) in [5.41, 5.74) is 2.96. The van der Waals surface area contributed by atoms with Crippen molar-refractivity contribution in [2.75, 3.05) is 10.6 Å². The van der Waals surface area contributed by atoms with Crippen LogP contribution in [-0.2, 0) is 0 Å².